The Morgan fingerprint density at radius 1 is 1.23 bits per heavy atom. The van der Waals surface area contributed by atoms with Crippen LogP contribution in [0.4, 0.5) is 0 Å². The molecule has 0 saturated heterocycles. The van der Waals surface area contributed by atoms with Gasteiger partial charge >= 0.3 is 0 Å². The molecule has 138 valence electrons. The van der Waals surface area contributed by atoms with E-state index < -0.39 is 9.84 Å². The lowest BCUT2D eigenvalue weighted by Gasteiger charge is -2.07. The Hall–Kier alpha value is -1.48. The third-order valence-corrected chi connectivity index (χ3v) is 7.45. The number of rotatable bonds is 6. The van der Waals surface area contributed by atoms with Crippen molar-refractivity contribution in [3.05, 3.63) is 46.3 Å². The molecule has 0 aliphatic rings. The van der Waals surface area contributed by atoms with Crippen molar-refractivity contribution in [1.29, 1.82) is 0 Å². The highest BCUT2D eigenvalue weighted by Crippen LogP contribution is 2.28. The lowest BCUT2D eigenvalue weighted by atomic mass is 10.2. The van der Waals surface area contributed by atoms with Gasteiger partial charge < -0.3 is 8.98 Å². The van der Waals surface area contributed by atoms with Gasteiger partial charge in [0, 0.05) is 17.8 Å². The zero-order valence-electron chi connectivity index (χ0n) is 13.9. The van der Waals surface area contributed by atoms with Crippen molar-refractivity contribution in [2.75, 3.05) is 11.5 Å². The van der Waals surface area contributed by atoms with Crippen LogP contribution < -0.4 is 0 Å². The Balaban J connectivity index is 1.71. The Kier molecular flexibility index (Phi) is 5.67. The molecule has 6 nitrogen and oxygen atoms in total. The van der Waals surface area contributed by atoms with Crippen LogP contribution in [-0.4, -0.2) is 34.7 Å². The Morgan fingerprint density at radius 2 is 2.00 bits per heavy atom. The van der Waals surface area contributed by atoms with E-state index in [1.807, 2.05) is 24.6 Å². The van der Waals surface area contributed by atoms with Crippen LogP contribution in [0.5, 0.6) is 0 Å². The molecule has 0 radical (unpaired) electrons. The predicted octanol–water partition coefficient (Wildman–Crippen LogP) is 4.26. The minimum absolute atomic E-state index is 0.0416. The highest BCUT2D eigenvalue weighted by molar-refractivity contribution is 8.00. The molecule has 0 unspecified atom stereocenters. The molecule has 0 aliphatic carbocycles. The van der Waals surface area contributed by atoms with Crippen LogP contribution in [0.25, 0.3) is 11.4 Å². The van der Waals surface area contributed by atoms with Gasteiger partial charge in [-0.2, -0.15) is 0 Å². The smallest absolute Gasteiger partial charge is 0.191 e. The summed E-state index contributed by atoms with van der Waals surface area (Å²) in [5, 5.41) is 9.40. The van der Waals surface area contributed by atoms with Crippen molar-refractivity contribution in [2.24, 2.45) is 7.05 Å². The first-order valence-corrected chi connectivity index (χ1v) is 10.9. The molecule has 26 heavy (non-hydrogen) atoms. The number of aryl methyl sites for hydroxylation is 1. The van der Waals surface area contributed by atoms with Gasteiger partial charge in [-0.1, -0.05) is 35.0 Å². The van der Waals surface area contributed by atoms with Gasteiger partial charge in [0.1, 0.15) is 5.76 Å². The van der Waals surface area contributed by atoms with Gasteiger partial charge in [0.15, 0.2) is 20.8 Å². The number of nitrogens with zero attached hydrogens (tertiary/aromatic N) is 3. The number of hydrogen-bond acceptors (Lipinski definition) is 6. The molecule has 0 amide bonds. The normalized spacial score (nSPS) is 11.8. The zero-order valence-corrected chi connectivity index (χ0v) is 17.1. The number of benzene rings is 1. The number of sulfone groups is 1. The lowest BCUT2D eigenvalue weighted by Crippen LogP contribution is -2.10. The van der Waals surface area contributed by atoms with Crippen molar-refractivity contribution in [3.63, 3.8) is 0 Å². The first-order chi connectivity index (χ1) is 12.3. The Bertz CT molecular complexity index is 1040. The molecular weight excluding hydrogens is 417 g/mol. The number of halogens is 2. The summed E-state index contributed by atoms with van der Waals surface area (Å²) < 4.78 is 32.1. The number of thioether (sulfide) groups is 1. The van der Waals surface area contributed by atoms with Crippen LogP contribution >= 0.6 is 35.0 Å². The summed E-state index contributed by atoms with van der Waals surface area (Å²) in [4.78, 5) is 0.0416. The molecule has 2 aromatic heterocycles. The third kappa shape index (κ3) is 3.93. The average Bonchev–Trinajstić information content (AvgIpc) is 3.15. The third-order valence-electron chi connectivity index (χ3n) is 3.75. The molecule has 0 bridgehead atoms. The minimum Gasteiger partial charge on any atom is -0.469 e. The van der Waals surface area contributed by atoms with Crippen molar-refractivity contribution in [3.8, 4) is 11.4 Å². The summed E-state index contributed by atoms with van der Waals surface area (Å²) in [5.74, 6) is 1.63. The van der Waals surface area contributed by atoms with Crippen molar-refractivity contribution < 1.29 is 12.8 Å². The molecule has 0 aliphatic heterocycles. The quantitative estimate of drug-likeness (QED) is 0.542. The summed E-state index contributed by atoms with van der Waals surface area (Å²) in [7, 11) is -1.72. The molecule has 0 N–H and O–H groups in total. The van der Waals surface area contributed by atoms with E-state index in [1.54, 1.807) is 12.3 Å². The summed E-state index contributed by atoms with van der Waals surface area (Å²) >= 11 is 13.2. The van der Waals surface area contributed by atoms with E-state index in [9.17, 15) is 8.42 Å². The fourth-order valence-corrected chi connectivity index (χ4v) is 5.73. The minimum atomic E-state index is -3.55. The van der Waals surface area contributed by atoms with Crippen LogP contribution in [0.3, 0.4) is 0 Å². The molecule has 0 fully saturated rings. The topological polar surface area (TPSA) is 78.0 Å². The molecule has 3 aromatic rings. The van der Waals surface area contributed by atoms with E-state index in [-0.39, 0.29) is 15.7 Å². The second-order valence-corrected chi connectivity index (χ2v) is 9.48. The molecule has 3 rings (SSSR count). The van der Waals surface area contributed by atoms with Crippen LogP contribution in [0, 0.1) is 6.92 Å². The molecule has 0 saturated carbocycles. The highest BCUT2D eigenvalue weighted by Gasteiger charge is 2.20. The van der Waals surface area contributed by atoms with Gasteiger partial charge in [0.25, 0.3) is 0 Å². The zero-order chi connectivity index (χ0) is 18.9. The fourth-order valence-electron chi connectivity index (χ4n) is 2.36. The number of aromatic nitrogens is 3. The Labute approximate surface area is 165 Å². The molecule has 2 heterocycles. The second-order valence-electron chi connectivity index (χ2n) is 5.50. The summed E-state index contributed by atoms with van der Waals surface area (Å²) in [6, 6.07) is 6.22. The van der Waals surface area contributed by atoms with E-state index in [0.717, 1.165) is 11.3 Å². The fraction of sp³-hybridized carbons (Fsp3) is 0.250. The van der Waals surface area contributed by atoms with Crippen LogP contribution in [-0.2, 0) is 16.9 Å². The van der Waals surface area contributed by atoms with Gasteiger partial charge in [-0.25, -0.2) is 8.42 Å². The van der Waals surface area contributed by atoms with E-state index in [0.29, 0.717) is 21.8 Å². The van der Waals surface area contributed by atoms with Gasteiger partial charge in [-0.05, 0) is 31.2 Å². The maximum absolute atomic E-state index is 12.5. The first-order valence-electron chi connectivity index (χ1n) is 7.54. The van der Waals surface area contributed by atoms with Gasteiger partial charge in [0.05, 0.1) is 27.5 Å². The highest BCUT2D eigenvalue weighted by atomic mass is 35.5. The summed E-state index contributed by atoms with van der Waals surface area (Å²) in [5.41, 5.74) is 0.852. The van der Waals surface area contributed by atoms with Crippen LogP contribution in [0.15, 0.2) is 45.0 Å². The van der Waals surface area contributed by atoms with Crippen molar-refractivity contribution >= 4 is 44.8 Å². The molecular formula is C16H15Cl2N3O3S2. The predicted molar refractivity (Wildman–Crippen MR) is 103 cm³/mol. The number of furan rings is 1. The summed E-state index contributed by atoms with van der Waals surface area (Å²) in [6.07, 6.45) is 1.59. The molecule has 1 aromatic carbocycles. The standard InChI is InChI=1S/C16H15Cl2N3O3S2/c1-10-12(5-6-24-10)15-19-20-16(21(15)2)25-7-8-26(22,23)14-9-11(17)3-4-13(14)18/h3-6,9H,7-8H2,1-2H3. The second kappa shape index (κ2) is 7.64. The maximum atomic E-state index is 12.5. The van der Waals surface area contributed by atoms with Gasteiger partial charge in [-0.15, -0.1) is 10.2 Å². The van der Waals surface area contributed by atoms with E-state index >= 15 is 0 Å². The van der Waals surface area contributed by atoms with Gasteiger partial charge in [-0.3, -0.25) is 0 Å². The van der Waals surface area contributed by atoms with Crippen LogP contribution in [0.2, 0.25) is 10.0 Å². The first kappa shape index (κ1) is 19.3. The van der Waals surface area contributed by atoms with Gasteiger partial charge in [0.2, 0.25) is 0 Å². The van der Waals surface area contributed by atoms with Crippen molar-refractivity contribution in [1.82, 2.24) is 14.8 Å². The van der Waals surface area contributed by atoms with E-state index in [4.69, 9.17) is 27.6 Å². The monoisotopic (exact) mass is 431 g/mol. The molecule has 0 spiro atoms. The summed E-state index contributed by atoms with van der Waals surface area (Å²) in [6.45, 7) is 1.85. The van der Waals surface area contributed by atoms with E-state index in [2.05, 4.69) is 10.2 Å². The van der Waals surface area contributed by atoms with Crippen molar-refractivity contribution in [2.45, 2.75) is 17.0 Å². The van der Waals surface area contributed by atoms with Crippen LogP contribution in [0.1, 0.15) is 5.76 Å². The number of hydrogen-bond donors (Lipinski definition) is 0. The van der Waals surface area contributed by atoms with E-state index in [1.165, 1.54) is 23.9 Å². The largest absolute Gasteiger partial charge is 0.469 e. The molecule has 0 atom stereocenters. The average molecular weight is 432 g/mol. The SMILES string of the molecule is Cc1occc1-c1nnc(SCCS(=O)(=O)c2cc(Cl)ccc2Cl)n1C. The lowest BCUT2D eigenvalue weighted by molar-refractivity contribution is 0.534. The Morgan fingerprint density at radius 3 is 2.69 bits per heavy atom. The molecule has 10 heteroatoms. The maximum Gasteiger partial charge on any atom is 0.191 e.